The summed E-state index contributed by atoms with van der Waals surface area (Å²) in [4.78, 5) is 12.7. The molecule has 0 aliphatic heterocycles. The summed E-state index contributed by atoms with van der Waals surface area (Å²) in [5.74, 6) is 0.998. The zero-order chi connectivity index (χ0) is 18.5. The molecule has 1 N–H and O–H groups in total. The van der Waals surface area contributed by atoms with E-state index in [1.165, 1.54) is 11.0 Å². The molecule has 1 heterocycles. The smallest absolute Gasteiger partial charge is 0.253 e. The highest BCUT2D eigenvalue weighted by atomic mass is 79.9. The van der Waals surface area contributed by atoms with Crippen molar-refractivity contribution >= 4 is 21.8 Å². The van der Waals surface area contributed by atoms with Crippen molar-refractivity contribution < 1.29 is 14.3 Å². The third-order valence-corrected chi connectivity index (χ3v) is 4.19. The van der Waals surface area contributed by atoms with Crippen LogP contribution in [0.2, 0.25) is 0 Å². The minimum Gasteiger partial charge on any atom is -0.493 e. The average Bonchev–Trinajstić information content (AvgIpc) is 3.20. The molecular weight excluding hydrogens is 402 g/mol. The van der Waals surface area contributed by atoms with Gasteiger partial charge in [0.1, 0.15) is 6.33 Å². The van der Waals surface area contributed by atoms with E-state index in [9.17, 15) is 4.79 Å². The second-order valence-corrected chi connectivity index (χ2v) is 6.20. The molecule has 0 aliphatic carbocycles. The fourth-order valence-electron chi connectivity index (χ4n) is 2.43. The minimum absolute atomic E-state index is 0.244. The van der Waals surface area contributed by atoms with Crippen LogP contribution in [0.1, 0.15) is 15.9 Å². The molecule has 9 heteroatoms. The molecule has 3 aromatic rings. The second-order valence-electron chi connectivity index (χ2n) is 5.29. The molecule has 0 bridgehead atoms. The Hall–Kier alpha value is -2.94. The SMILES string of the molecule is COc1ccc(CNC(=O)c2cc(Br)ccc2-n2cnnn2)cc1OC. The van der Waals surface area contributed by atoms with Crippen LogP contribution in [0.5, 0.6) is 11.5 Å². The Morgan fingerprint density at radius 3 is 2.65 bits per heavy atom. The summed E-state index contributed by atoms with van der Waals surface area (Å²) in [6.45, 7) is 0.334. The number of rotatable bonds is 6. The van der Waals surface area contributed by atoms with Crippen LogP contribution < -0.4 is 14.8 Å². The van der Waals surface area contributed by atoms with Gasteiger partial charge >= 0.3 is 0 Å². The van der Waals surface area contributed by atoms with Gasteiger partial charge in [-0.05, 0) is 46.3 Å². The van der Waals surface area contributed by atoms with Gasteiger partial charge < -0.3 is 14.8 Å². The van der Waals surface area contributed by atoms with E-state index in [-0.39, 0.29) is 5.91 Å². The minimum atomic E-state index is -0.244. The number of methoxy groups -OCH3 is 2. The normalized spacial score (nSPS) is 10.4. The molecule has 0 radical (unpaired) electrons. The van der Waals surface area contributed by atoms with Gasteiger partial charge in [0.15, 0.2) is 11.5 Å². The standard InChI is InChI=1S/C17H16BrN5O3/c1-25-15-6-3-11(7-16(15)26-2)9-19-17(24)13-8-12(18)4-5-14(13)23-10-20-21-22-23/h3-8,10H,9H2,1-2H3,(H,19,24). The van der Waals surface area contributed by atoms with Gasteiger partial charge in [0.25, 0.3) is 5.91 Å². The van der Waals surface area contributed by atoms with Crippen molar-refractivity contribution in [1.82, 2.24) is 25.5 Å². The van der Waals surface area contributed by atoms with Crippen molar-refractivity contribution in [1.29, 1.82) is 0 Å². The largest absolute Gasteiger partial charge is 0.493 e. The molecule has 0 fully saturated rings. The summed E-state index contributed by atoms with van der Waals surface area (Å²) < 4.78 is 12.7. The van der Waals surface area contributed by atoms with Crippen molar-refractivity contribution in [3.8, 4) is 17.2 Å². The molecule has 0 aliphatic rings. The third kappa shape index (κ3) is 3.83. The Kier molecular flexibility index (Phi) is 5.47. The van der Waals surface area contributed by atoms with Crippen molar-refractivity contribution in [2.24, 2.45) is 0 Å². The van der Waals surface area contributed by atoms with Gasteiger partial charge in [-0.2, -0.15) is 4.68 Å². The molecule has 134 valence electrons. The van der Waals surface area contributed by atoms with Crippen LogP contribution in [-0.4, -0.2) is 40.3 Å². The van der Waals surface area contributed by atoms with Gasteiger partial charge in [-0.3, -0.25) is 4.79 Å². The summed E-state index contributed by atoms with van der Waals surface area (Å²) >= 11 is 3.39. The van der Waals surface area contributed by atoms with Crippen LogP contribution in [-0.2, 0) is 6.54 Å². The molecule has 0 saturated heterocycles. The van der Waals surface area contributed by atoms with E-state index in [0.717, 1.165) is 10.0 Å². The lowest BCUT2D eigenvalue weighted by Crippen LogP contribution is -2.24. The molecule has 2 aromatic carbocycles. The van der Waals surface area contributed by atoms with Gasteiger partial charge in [0.05, 0.1) is 25.5 Å². The van der Waals surface area contributed by atoms with Crippen LogP contribution in [0.4, 0.5) is 0 Å². The highest BCUT2D eigenvalue weighted by molar-refractivity contribution is 9.10. The van der Waals surface area contributed by atoms with E-state index in [1.807, 2.05) is 18.2 Å². The van der Waals surface area contributed by atoms with Crippen molar-refractivity contribution in [2.75, 3.05) is 14.2 Å². The quantitative estimate of drug-likeness (QED) is 0.661. The fourth-order valence-corrected chi connectivity index (χ4v) is 2.79. The monoisotopic (exact) mass is 417 g/mol. The molecule has 26 heavy (non-hydrogen) atoms. The van der Waals surface area contributed by atoms with E-state index in [0.29, 0.717) is 29.3 Å². The molecule has 0 saturated carbocycles. The Balaban J connectivity index is 1.80. The number of halogens is 1. The first-order valence-electron chi connectivity index (χ1n) is 7.64. The van der Waals surface area contributed by atoms with Crippen molar-refractivity contribution in [3.05, 3.63) is 58.3 Å². The van der Waals surface area contributed by atoms with Crippen LogP contribution in [0, 0.1) is 0 Å². The molecule has 3 rings (SSSR count). The summed E-state index contributed by atoms with van der Waals surface area (Å²) in [5.41, 5.74) is 1.92. The molecule has 8 nitrogen and oxygen atoms in total. The van der Waals surface area contributed by atoms with Gasteiger partial charge in [0.2, 0.25) is 0 Å². The van der Waals surface area contributed by atoms with Crippen LogP contribution in [0.15, 0.2) is 47.2 Å². The fraction of sp³-hybridized carbons (Fsp3) is 0.176. The van der Waals surface area contributed by atoms with Crippen LogP contribution >= 0.6 is 15.9 Å². The number of nitrogens with zero attached hydrogens (tertiary/aromatic N) is 4. The number of nitrogens with one attached hydrogen (secondary N) is 1. The Bertz CT molecular complexity index is 915. The highest BCUT2D eigenvalue weighted by Gasteiger charge is 2.15. The van der Waals surface area contributed by atoms with E-state index >= 15 is 0 Å². The number of amides is 1. The first-order chi connectivity index (χ1) is 12.6. The topological polar surface area (TPSA) is 91.2 Å². The predicted octanol–water partition coefficient (Wildman–Crippen LogP) is 2.37. The number of ether oxygens (including phenoxy) is 2. The second kappa shape index (κ2) is 7.96. The van der Waals surface area contributed by atoms with E-state index in [4.69, 9.17) is 9.47 Å². The molecular formula is C17H16BrN5O3. The lowest BCUT2D eigenvalue weighted by Gasteiger charge is -2.12. The van der Waals surface area contributed by atoms with Crippen LogP contribution in [0.25, 0.3) is 5.69 Å². The number of tetrazole rings is 1. The first kappa shape index (κ1) is 17.9. The maximum absolute atomic E-state index is 12.7. The number of hydrogen-bond donors (Lipinski definition) is 1. The summed E-state index contributed by atoms with van der Waals surface area (Å²) in [5, 5.41) is 14.0. The molecule has 0 spiro atoms. The number of benzene rings is 2. The summed E-state index contributed by atoms with van der Waals surface area (Å²) in [7, 11) is 3.15. The zero-order valence-electron chi connectivity index (χ0n) is 14.1. The lowest BCUT2D eigenvalue weighted by molar-refractivity contribution is 0.0950. The Morgan fingerprint density at radius 1 is 1.15 bits per heavy atom. The number of aromatic nitrogens is 4. The summed E-state index contributed by atoms with van der Waals surface area (Å²) in [6.07, 6.45) is 1.44. The Morgan fingerprint density at radius 2 is 1.96 bits per heavy atom. The zero-order valence-corrected chi connectivity index (χ0v) is 15.7. The van der Waals surface area contributed by atoms with E-state index in [2.05, 4.69) is 36.8 Å². The van der Waals surface area contributed by atoms with Crippen LogP contribution in [0.3, 0.4) is 0 Å². The Labute approximate surface area is 158 Å². The lowest BCUT2D eigenvalue weighted by atomic mass is 10.1. The number of carbonyl (C=O) groups is 1. The maximum Gasteiger partial charge on any atom is 0.253 e. The van der Waals surface area contributed by atoms with E-state index in [1.54, 1.807) is 32.4 Å². The third-order valence-electron chi connectivity index (χ3n) is 3.70. The van der Waals surface area contributed by atoms with Crippen molar-refractivity contribution in [2.45, 2.75) is 6.54 Å². The molecule has 0 unspecified atom stereocenters. The van der Waals surface area contributed by atoms with E-state index < -0.39 is 0 Å². The molecule has 1 amide bonds. The predicted molar refractivity (Wildman–Crippen MR) is 97.6 cm³/mol. The molecule has 0 atom stereocenters. The molecule has 1 aromatic heterocycles. The number of carbonyl (C=O) groups excluding carboxylic acids is 1. The van der Waals surface area contributed by atoms with Gasteiger partial charge in [-0.25, -0.2) is 0 Å². The summed E-state index contributed by atoms with van der Waals surface area (Å²) in [6, 6.07) is 10.8. The number of hydrogen-bond acceptors (Lipinski definition) is 6. The van der Waals surface area contributed by atoms with Gasteiger partial charge in [-0.15, -0.1) is 5.10 Å². The highest BCUT2D eigenvalue weighted by Crippen LogP contribution is 2.27. The van der Waals surface area contributed by atoms with Gasteiger partial charge in [-0.1, -0.05) is 22.0 Å². The average molecular weight is 418 g/mol. The van der Waals surface area contributed by atoms with Gasteiger partial charge in [0, 0.05) is 11.0 Å². The maximum atomic E-state index is 12.7. The van der Waals surface area contributed by atoms with Crippen molar-refractivity contribution in [3.63, 3.8) is 0 Å². The first-order valence-corrected chi connectivity index (χ1v) is 8.43.